The van der Waals surface area contributed by atoms with Crippen molar-refractivity contribution in [1.82, 2.24) is 9.80 Å². The van der Waals surface area contributed by atoms with E-state index >= 15 is 0 Å². The van der Waals surface area contributed by atoms with Crippen LogP contribution in [-0.4, -0.2) is 60.9 Å². The minimum Gasteiger partial charge on any atom is -0.371 e. The third-order valence-electron chi connectivity index (χ3n) is 11.3. The van der Waals surface area contributed by atoms with Gasteiger partial charge in [-0.3, -0.25) is 9.59 Å². The topological polar surface area (TPSA) is 43.9 Å². The Hall–Kier alpha value is -3.09. The van der Waals surface area contributed by atoms with Gasteiger partial charge in [0, 0.05) is 66.1 Å². The second-order valence-corrected chi connectivity index (χ2v) is 17.0. The summed E-state index contributed by atoms with van der Waals surface area (Å²) in [6.45, 7) is 18.4. The Morgan fingerprint density at radius 2 is 1.13 bits per heavy atom. The summed E-state index contributed by atoms with van der Waals surface area (Å²) in [5, 5.41) is 1.57. The highest BCUT2D eigenvalue weighted by molar-refractivity contribution is 6.32. The van der Waals surface area contributed by atoms with Crippen molar-refractivity contribution in [2.75, 3.05) is 44.2 Å². The lowest BCUT2D eigenvalue weighted by molar-refractivity contribution is 0.0644. The molecule has 282 valence electrons. The molecule has 0 N–H and O–H groups in total. The standard InChI is InChI=1S/C18H26ClN.C13H16ClNO.C13H16FNO/c1-14(2)16-7-6-15(19)12-17(16)20-11-10-18(13-20)8-4-3-5-9-18;2*1-9(2)11-5-4-10(8-12(11)14)13(16)15-6-3-7-15/h6-7,12,14H,3-5,8-11,13H2,1-2H3;2*4-5,8-9H,3,6-7H2,1-2H3. The second-order valence-electron chi connectivity index (χ2n) is 16.2. The highest BCUT2D eigenvalue weighted by atomic mass is 35.5. The predicted octanol–water partition coefficient (Wildman–Crippen LogP) is 11.7. The largest absolute Gasteiger partial charge is 0.371 e. The van der Waals surface area contributed by atoms with E-state index in [1.54, 1.807) is 23.1 Å². The first kappa shape index (κ1) is 40.1. The fraction of sp³-hybridized carbons (Fsp3) is 0.545. The van der Waals surface area contributed by atoms with Crippen molar-refractivity contribution < 1.29 is 14.0 Å². The van der Waals surface area contributed by atoms with E-state index in [9.17, 15) is 14.0 Å². The van der Waals surface area contributed by atoms with Crippen LogP contribution in [0.2, 0.25) is 10.0 Å². The SMILES string of the molecule is CC(C)c1ccc(C(=O)N2CCC2)cc1Cl.CC(C)c1ccc(C(=O)N2CCC2)cc1F.CC(C)c1ccc(Cl)cc1N1CCC2(CCCCC2)C1. The summed E-state index contributed by atoms with van der Waals surface area (Å²) in [5.41, 5.74) is 6.37. The summed E-state index contributed by atoms with van der Waals surface area (Å²) in [7, 11) is 0. The molecule has 8 heteroatoms. The molecule has 0 atom stereocenters. The molecular weight excluding hydrogens is 692 g/mol. The Labute approximate surface area is 321 Å². The number of anilines is 1. The maximum Gasteiger partial charge on any atom is 0.253 e. The molecule has 3 saturated heterocycles. The zero-order chi connectivity index (χ0) is 37.6. The quantitative estimate of drug-likeness (QED) is 0.252. The summed E-state index contributed by atoms with van der Waals surface area (Å²) in [6, 6.07) is 16.8. The first-order valence-electron chi connectivity index (χ1n) is 19.5. The van der Waals surface area contributed by atoms with Gasteiger partial charge >= 0.3 is 0 Å². The van der Waals surface area contributed by atoms with Crippen molar-refractivity contribution in [2.24, 2.45) is 5.41 Å². The van der Waals surface area contributed by atoms with Crippen LogP contribution in [-0.2, 0) is 0 Å². The number of hydrogen-bond acceptors (Lipinski definition) is 3. The molecule has 4 fully saturated rings. The van der Waals surface area contributed by atoms with Gasteiger partial charge in [-0.1, -0.05) is 102 Å². The average Bonchev–Trinajstić information content (AvgIpc) is 3.46. The number of halogens is 3. The van der Waals surface area contributed by atoms with Gasteiger partial charge < -0.3 is 14.7 Å². The highest BCUT2D eigenvalue weighted by Crippen LogP contribution is 2.46. The minimum absolute atomic E-state index is 0.0551. The summed E-state index contributed by atoms with van der Waals surface area (Å²) in [6.07, 6.45) is 10.7. The molecule has 1 aliphatic carbocycles. The molecule has 3 heterocycles. The predicted molar refractivity (Wildman–Crippen MR) is 215 cm³/mol. The number of amides is 2. The minimum atomic E-state index is -0.277. The first-order chi connectivity index (χ1) is 24.8. The molecule has 5 nitrogen and oxygen atoms in total. The molecule has 0 aromatic heterocycles. The Bertz CT molecular complexity index is 1610. The zero-order valence-electron chi connectivity index (χ0n) is 32.1. The average molecular weight is 751 g/mol. The number of rotatable bonds is 6. The van der Waals surface area contributed by atoms with Crippen LogP contribution < -0.4 is 4.90 Å². The van der Waals surface area contributed by atoms with Gasteiger partial charge in [0.2, 0.25) is 0 Å². The molecule has 3 aromatic carbocycles. The van der Waals surface area contributed by atoms with Gasteiger partial charge in [-0.2, -0.15) is 0 Å². The summed E-state index contributed by atoms with van der Waals surface area (Å²) < 4.78 is 13.7. The van der Waals surface area contributed by atoms with Crippen LogP contribution in [0.4, 0.5) is 10.1 Å². The molecule has 2 amide bonds. The lowest BCUT2D eigenvalue weighted by atomic mass is 9.73. The molecule has 7 rings (SSSR count). The number of benzene rings is 3. The summed E-state index contributed by atoms with van der Waals surface area (Å²) in [5.74, 6) is 0.865. The number of nitrogens with zero attached hydrogens (tertiary/aromatic N) is 3. The Kier molecular flexibility index (Phi) is 13.7. The lowest BCUT2D eigenvalue weighted by Gasteiger charge is -2.34. The summed E-state index contributed by atoms with van der Waals surface area (Å²) >= 11 is 12.4. The Balaban J connectivity index is 0.000000152. The molecule has 52 heavy (non-hydrogen) atoms. The first-order valence-corrected chi connectivity index (χ1v) is 20.3. The molecule has 0 unspecified atom stereocenters. The van der Waals surface area contributed by atoms with Crippen molar-refractivity contribution in [3.8, 4) is 0 Å². The number of carbonyl (C=O) groups excluding carboxylic acids is 2. The van der Waals surface area contributed by atoms with Crippen LogP contribution in [0.5, 0.6) is 0 Å². The number of hydrogen-bond donors (Lipinski definition) is 0. The van der Waals surface area contributed by atoms with E-state index in [0.29, 0.717) is 39.0 Å². The van der Waals surface area contributed by atoms with E-state index in [1.165, 1.54) is 68.9 Å². The molecule has 1 spiro atoms. The fourth-order valence-corrected chi connectivity index (χ4v) is 8.36. The van der Waals surface area contributed by atoms with Crippen LogP contribution in [0, 0.1) is 11.2 Å². The maximum absolute atomic E-state index is 13.7. The van der Waals surface area contributed by atoms with Crippen molar-refractivity contribution in [3.05, 3.63) is 98.3 Å². The summed E-state index contributed by atoms with van der Waals surface area (Å²) in [4.78, 5) is 29.9. The monoisotopic (exact) mass is 749 g/mol. The smallest absolute Gasteiger partial charge is 0.253 e. The molecular formula is C44H58Cl2FN3O2. The van der Waals surface area contributed by atoms with Crippen molar-refractivity contribution in [2.45, 2.75) is 111 Å². The van der Waals surface area contributed by atoms with Crippen LogP contribution in [0.25, 0.3) is 0 Å². The van der Waals surface area contributed by atoms with Gasteiger partial charge in [0.05, 0.1) is 0 Å². The fourth-order valence-electron chi connectivity index (χ4n) is 7.79. The van der Waals surface area contributed by atoms with Crippen molar-refractivity contribution >= 4 is 40.7 Å². The van der Waals surface area contributed by atoms with Crippen LogP contribution in [0.3, 0.4) is 0 Å². The Morgan fingerprint density at radius 1 is 0.615 bits per heavy atom. The van der Waals surface area contributed by atoms with Crippen LogP contribution in [0.1, 0.15) is 148 Å². The van der Waals surface area contributed by atoms with Gasteiger partial charge in [0.25, 0.3) is 11.8 Å². The van der Waals surface area contributed by atoms with E-state index < -0.39 is 0 Å². The van der Waals surface area contributed by atoms with E-state index in [0.717, 1.165) is 49.6 Å². The van der Waals surface area contributed by atoms with E-state index in [-0.39, 0.29) is 23.5 Å². The van der Waals surface area contributed by atoms with E-state index in [1.807, 2.05) is 36.9 Å². The molecule has 4 aliphatic rings. The van der Waals surface area contributed by atoms with Crippen molar-refractivity contribution in [3.63, 3.8) is 0 Å². The van der Waals surface area contributed by atoms with Gasteiger partial charge in [-0.25, -0.2) is 4.39 Å². The maximum atomic E-state index is 13.7. The van der Waals surface area contributed by atoms with Crippen molar-refractivity contribution in [1.29, 1.82) is 0 Å². The molecule has 0 radical (unpaired) electrons. The van der Waals surface area contributed by atoms with Gasteiger partial charge in [0.1, 0.15) is 5.82 Å². The lowest BCUT2D eigenvalue weighted by Crippen LogP contribution is -2.42. The molecule has 3 aromatic rings. The van der Waals surface area contributed by atoms with Crippen LogP contribution >= 0.6 is 23.2 Å². The third-order valence-corrected chi connectivity index (χ3v) is 11.9. The molecule has 3 aliphatic heterocycles. The number of likely N-dealkylation sites (tertiary alicyclic amines) is 2. The van der Waals surface area contributed by atoms with Crippen LogP contribution in [0.15, 0.2) is 54.6 Å². The van der Waals surface area contributed by atoms with E-state index in [4.69, 9.17) is 23.2 Å². The Morgan fingerprint density at radius 3 is 1.62 bits per heavy atom. The van der Waals surface area contributed by atoms with Gasteiger partial charge in [-0.05, 0) is 108 Å². The third kappa shape index (κ3) is 9.71. The zero-order valence-corrected chi connectivity index (χ0v) is 33.6. The molecule has 0 bridgehead atoms. The normalized spacial score (nSPS) is 17.7. The second kappa shape index (κ2) is 17.8. The molecule has 1 saturated carbocycles. The van der Waals surface area contributed by atoms with Gasteiger partial charge in [0.15, 0.2) is 0 Å². The highest BCUT2D eigenvalue weighted by Gasteiger charge is 2.39. The van der Waals surface area contributed by atoms with Gasteiger partial charge in [-0.15, -0.1) is 0 Å². The number of carbonyl (C=O) groups is 2. The van der Waals surface area contributed by atoms with E-state index in [2.05, 4.69) is 44.7 Å².